The van der Waals surface area contributed by atoms with Gasteiger partial charge in [-0.25, -0.2) is 4.39 Å². The van der Waals surface area contributed by atoms with E-state index in [-0.39, 0.29) is 5.82 Å². The highest BCUT2D eigenvalue weighted by molar-refractivity contribution is 5.23. The zero-order valence-corrected chi connectivity index (χ0v) is 14.3. The average molecular weight is 331 g/mol. The third kappa shape index (κ3) is 4.57. The van der Waals surface area contributed by atoms with Crippen LogP contribution in [0.15, 0.2) is 30.3 Å². The fraction of sp³-hybridized carbons (Fsp3) is 0.526. The summed E-state index contributed by atoms with van der Waals surface area (Å²) in [6.45, 7) is 2.07. The first-order valence-corrected chi connectivity index (χ1v) is 8.83. The summed E-state index contributed by atoms with van der Waals surface area (Å²) in [5.41, 5.74) is 2.06. The molecule has 2 aromatic rings. The minimum absolute atomic E-state index is 0.280. The van der Waals surface area contributed by atoms with Gasteiger partial charge in [0.15, 0.2) is 0 Å². The van der Waals surface area contributed by atoms with Crippen molar-refractivity contribution in [3.05, 3.63) is 47.5 Å². The highest BCUT2D eigenvalue weighted by Gasteiger charge is 2.16. The van der Waals surface area contributed by atoms with E-state index in [4.69, 9.17) is 9.84 Å². The lowest BCUT2D eigenvalue weighted by Gasteiger charge is -2.12. The molecule has 0 spiro atoms. The van der Waals surface area contributed by atoms with Crippen LogP contribution in [0.4, 0.5) is 4.39 Å². The van der Waals surface area contributed by atoms with Crippen LogP contribution in [0, 0.1) is 11.7 Å². The molecule has 1 aliphatic carbocycles. The van der Waals surface area contributed by atoms with E-state index in [0.29, 0.717) is 12.4 Å². The summed E-state index contributed by atoms with van der Waals surface area (Å²) < 4.78 is 21.1. The molecule has 0 unspecified atom stereocenters. The van der Waals surface area contributed by atoms with Crippen LogP contribution in [-0.2, 0) is 19.7 Å². The molecule has 130 valence electrons. The molecule has 1 N–H and O–H groups in total. The maximum absolute atomic E-state index is 13.3. The number of aromatic nitrogens is 2. The van der Waals surface area contributed by atoms with Crippen molar-refractivity contribution >= 4 is 0 Å². The first-order valence-electron chi connectivity index (χ1n) is 8.83. The van der Waals surface area contributed by atoms with Gasteiger partial charge in [-0.05, 0) is 37.6 Å². The molecule has 5 heteroatoms. The largest absolute Gasteiger partial charge is 0.487 e. The van der Waals surface area contributed by atoms with Gasteiger partial charge in [-0.3, -0.25) is 4.68 Å². The summed E-state index contributed by atoms with van der Waals surface area (Å²) in [4.78, 5) is 0. The van der Waals surface area contributed by atoms with Crippen molar-refractivity contribution in [1.29, 1.82) is 0 Å². The van der Waals surface area contributed by atoms with Crippen LogP contribution in [0.5, 0.6) is 5.75 Å². The van der Waals surface area contributed by atoms with E-state index in [9.17, 15) is 4.39 Å². The number of nitrogens with one attached hydrogen (secondary N) is 1. The topological polar surface area (TPSA) is 39.1 Å². The van der Waals surface area contributed by atoms with Crippen molar-refractivity contribution in [3.63, 3.8) is 0 Å². The van der Waals surface area contributed by atoms with Crippen LogP contribution in [-0.4, -0.2) is 16.8 Å². The van der Waals surface area contributed by atoms with Crippen LogP contribution in [0.1, 0.15) is 43.5 Å². The van der Waals surface area contributed by atoms with E-state index in [1.165, 1.54) is 44.2 Å². The summed E-state index contributed by atoms with van der Waals surface area (Å²) in [6, 6.07) is 8.34. The highest BCUT2D eigenvalue weighted by Crippen LogP contribution is 2.28. The number of benzene rings is 1. The van der Waals surface area contributed by atoms with Crippen molar-refractivity contribution in [2.75, 3.05) is 7.05 Å². The van der Waals surface area contributed by atoms with E-state index in [2.05, 4.69) is 16.1 Å². The molecule has 0 atom stereocenters. The van der Waals surface area contributed by atoms with E-state index in [0.717, 1.165) is 30.4 Å². The van der Waals surface area contributed by atoms with Crippen LogP contribution in [0.25, 0.3) is 0 Å². The Kier molecular flexibility index (Phi) is 5.86. The molecule has 0 radical (unpaired) electrons. The quantitative estimate of drug-likeness (QED) is 0.797. The maximum atomic E-state index is 13.3. The number of rotatable bonds is 8. The third-order valence-corrected chi connectivity index (χ3v) is 4.68. The van der Waals surface area contributed by atoms with E-state index < -0.39 is 0 Å². The average Bonchev–Trinajstić information content (AvgIpc) is 3.21. The number of ether oxygens (including phenoxy) is 1. The Morgan fingerprint density at radius 1 is 1.29 bits per heavy atom. The lowest BCUT2D eigenvalue weighted by molar-refractivity contribution is 0.287. The summed E-state index contributed by atoms with van der Waals surface area (Å²) in [5.74, 6) is 1.10. The molecule has 0 bridgehead atoms. The molecule has 1 heterocycles. The van der Waals surface area contributed by atoms with Crippen molar-refractivity contribution in [2.24, 2.45) is 5.92 Å². The van der Waals surface area contributed by atoms with Gasteiger partial charge in [0.05, 0.1) is 11.4 Å². The fourth-order valence-corrected chi connectivity index (χ4v) is 3.41. The van der Waals surface area contributed by atoms with Crippen LogP contribution in [0.2, 0.25) is 0 Å². The minimum Gasteiger partial charge on any atom is -0.487 e. The van der Waals surface area contributed by atoms with Gasteiger partial charge >= 0.3 is 0 Å². The number of aryl methyl sites for hydroxylation is 1. The van der Waals surface area contributed by atoms with Crippen molar-refractivity contribution in [3.8, 4) is 5.75 Å². The Balaban J connectivity index is 1.65. The van der Waals surface area contributed by atoms with Gasteiger partial charge in [-0.2, -0.15) is 5.10 Å². The lowest BCUT2D eigenvalue weighted by Crippen LogP contribution is -2.11. The van der Waals surface area contributed by atoms with Gasteiger partial charge in [0.1, 0.15) is 18.2 Å². The van der Waals surface area contributed by atoms with E-state index in [1.807, 2.05) is 7.05 Å². The molecule has 1 aromatic heterocycles. The Morgan fingerprint density at radius 2 is 2.12 bits per heavy atom. The SMILES string of the molecule is CNCc1cc(COc2cccc(F)c2)n(CCC2CCCC2)n1. The van der Waals surface area contributed by atoms with Gasteiger partial charge in [0, 0.05) is 19.2 Å². The van der Waals surface area contributed by atoms with Crippen LogP contribution < -0.4 is 10.1 Å². The van der Waals surface area contributed by atoms with E-state index >= 15 is 0 Å². The molecule has 1 aliphatic rings. The summed E-state index contributed by atoms with van der Waals surface area (Å²) in [7, 11) is 1.92. The number of halogens is 1. The number of hydrogen-bond donors (Lipinski definition) is 1. The monoisotopic (exact) mass is 331 g/mol. The zero-order valence-electron chi connectivity index (χ0n) is 14.3. The van der Waals surface area contributed by atoms with Crippen LogP contribution in [0.3, 0.4) is 0 Å². The number of nitrogens with zero attached hydrogens (tertiary/aromatic N) is 2. The predicted molar refractivity (Wildman–Crippen MR) is 92.3 cm³/mol. The van der Waals surface area contributed by atoms with Crippen molar-refractivity contribution < 1.29 is 9.13 Å². The smallest absolute Gasteiger partial charge is 0.130 e. The van der Waals surface area contributed by atoms with Crippen molar-refractivity contribution in [1.82, 2.24) is 15.1 Å². The lowest BCUT2D eigenvalue weighted by atomic mass is 10.0. The molecule has 4 nitrogen and oxygen atoms in total. The Labute approximate surface area is 143 Å². The second-order valence-corrected chi connectivity index (χ2v) is 6.57. The molecule has 3 rings (SSSR count). The first kappa shape index (κ1) is 17.0. The fourth-order valence-electron chi connectivity index (χ4n) is 3.41. The molecule has 1 saturated carbocycles. The van der Waals surface area contributed by atoms with Gasteiger partial charge in [-0.1, -0.05) is 31.7 Å². The Bertz CT molecular complexity index is 650. The number of hydrogen-bond acceptors (Lipinski definition) is 3. The van der Waals surface area contributed by atoms with Crippen molar-refractivity contribution in [2.45, 2.75) is 51.8 Å². The summed E-state index contributed by atoms with van der Waals surface area (Å²) in [6.07, 6.45) is 6.60. The van der Waals surface area contributed by atoms with Gasteiger partial charge in [0.25, 0.3) is 0 Å². The molecule has 1 fully saturated rings. The van der Waals surface area contributed by atoms with Gasteiger partial charge in [0.2, 0.25) is 0 Å². The molecule has 1 aromatic carbocycles. The standard InChI is InChI=1S/C19H26FN3O/c1-21-13-17-12-18(14-24-19-8-4-7-16(20)11-19)23(22-17)10-9-15-5-2-3-6-15/h4,7-8,11-12,15,21H,2-3,5-6,9-10,13-14H2,1H3. The second-order valence-electron chi connectivity index (χ2n) is 6.57. The summed E-state index contributed by atoms with van der Waals surface area (Å²) in [5, 5.41) is 7.83. The Morgan fingerprint density at radius 3 is 2.88 bits per heavy atom. The van der Waals surface area contributed by atoms with E-state index in [1.54, 1.807) is 12.1 Å². The molecule has 0 aliphatic heterocycles. The Hall–Kier alpha value is -1.88. The zero-order chi connectivity index (χ0) is 16.8. The third-order valence-electron chi connectivity index (χ3n) is 4.68. The maximum Gasteiger partial charge on any atom is 0.130 e. The molecular weight excluding hydrogens is 305 g/mol. The molecule has 0 saturated heterocycles. The van der Waals surface area contributed by atoms with Gasteiger partial charge in [-0.15, -0.1) is 0 Å². The molecule has 0 amide bonds. The predicted octanol–water partition coefficient (Wildman–Crippen LogP) is 3.90. The first-order chi connectivity index (χ1) is 11.7. The highest BCUT2D eigenvalue weighted by atomic mass is 19.1. The summed E-state index contributed by atoms with van der Waals surface area (Å²) >= 11 is 0. The second kappa shape index (κ2) is 8.29. The normalized spacial score (nSPS) is 15.1. The van der Waals surface area contributed by atoms with Gasteiger partial charge < -0.3 is 10.1 Å². The molecule has 24 heavy (non-hydrogen) atoms. The molecular formula is C19H26FN3O. The minimum atomic E-state index is -0.280. The van der Waals surface area contributed by atoms with Crippen LogP contribution >= 0.6 is 0 Å².